The number of halogens is 2. The van der Waals surface area contributed by atoms with Crippen molar-refractivity contribution in [2.75, 3.05) is 7.11 Å². The Balaban J connectivity index is 2.22. The smallest absolute Gasteiger partial charge is 0.344 e. The van der Waals surface area contributed by atoms with Gasteiger partial charge in [0.1, 0.15) is 11.6 Å². The Hall–Kier alpha value is -2.14. The SMILES string of the molecule is COc1ccc(-c2cc3cc(F)cc(Br)c3oc2=O)cc1. The lowest BCUT2D eigenvalue weighted by Crippen LogP contribution is -2.03. The number of ether oxygens (including phenoxy) is 1. The van der Waals surface area contributed by atoms with E-state index in [2.05, 4.69) is 15.9 Å². The Bertz CT molecular complexity index is 869. The highest BCUT2D eigenvalue weighted by molar-refractivity contribution is 9.10. The number of hydrogen-bond donors (Lipinski definition) is 0. The quantitative estimate of drug-likeness (QED) is 0.645. The van der Waals surface area contributed by atoms with E-state index in [0.717, 1.165) is 0 Å². The Morgan fingerprint density at radius 2 is 1.86 bits per heavy atom. The van der Waals surface area contributed by atoms with Crippen molar-refractivity contribution >= 4 is 26.9 Å². The van der Waals surface area contributed by atoms with Gasteiger partial charge in [-0.3, -0.25) is 0 Å². The van der Waals surface area contributed by atoms with Crippen molar-refractivity contribution in [1.29, 1.82) is 0 Å². The van der Waals surface area contributed by atoms with Crippen LogP contribution in [0.2, 0.25) is 0 Å². The van der Waals surface area contributed by atoms with Crippen LogP contribution >= 0.6 is 15.9 Å². The molecule has 3 nitrogen and oxygen atoms in total. The maximum absolute atomic E-state index is 13.5. The molecule has 0 bridgehead atoms. The highest BCUT2D eigenvalue weighted by Crippen LogP contribution is 2.28. The lowest BCUT2D eigenvalue weighted by atomic mass is 10.1. The fourth-order valence-corrected chi connectivity index (χ4v) is 2.66. The van der Waals surface area contributed by atoms with Gasteiger partial charge in [-0.1, -0.05) is 12.1 Å². The number of hydrogen-bond acceptors (Lipinski definition) is 3. The largest absolute Gasteiger partial charge is 0.497 e. The molecule has 0 amide bonds. The van der Waals surface area contributed by atoms with Gasteiger partial charge >= 0.3 is 5.63 Å². The Kier molecular flexibility index (Phi) is 3.51. The van der Waals surface area contributed by atoms with Gasteiger partial charge in [-0.05, 0) is 51.8 Å². The average molecular weight is 349 g/mol. The lowest BCUT2D eigenvalue weighted by molar-refractivity contribution is 0.415. The predicted molar refractivity (Wildman–Crippen MR) is 82.1 cm³/mol. The molecule has 3 rings (SSSR count). The van der Waals surface area contributed by atoms with Crippen molar-refractivity contribution in [3.05, 3.63) is 63.2 Å². The molecule has 0 fully saturated rings. The van der Waals surface area contributed by atoms with Crippen molar-refractivity contribution < 1.29 is 13.5 Å². The molecule has 0 saturated carbocycles. The molecule has 0 aliphatic carbocycles. The van der Waals surface area contributed by atoms with Crippen LogP contribution in [-0.4, -0.2) is 7.11 Å². The van der Waals surface area contributed by atoms with Gasteiger partial charge in [-0.2, -0.15) is 0 Å². The summed E-state index contributed by atoms with van der Waals surface area (Å²) >= 11 is 3.19. The van der Waals surface area contributed by atoms with Crippen LogP contribution in [0, 0.1) is 5.82 Å². The summed E-state index contributed by atoms with van der Waals surface area (Å²) in [6.07, 6.45) is 0. The summed E-state index contributed by atoms with van der Waals surface area (Å²) in [5.41, 5.74) is 0.924. The van der Waals surface area contributed by atoms with E-state index in [1.54, 1.807) is 37.4 Å². The second-order valence-electron chi connectivity index (χ2n) is 4.48. The third-order valence-electron chi connectivity index (χ3n) is 3.15. The van der Waals surface area contributed by atoms with E-state index in [1.807, 2.05) is 0 Å². The van der Waals surface area contributed by atoms with Gasteiger partial charge < -0.3 is 9.15 Å². The van der Waals surface area contributed by atoms with Crippen LogP contribution in [0.25, 0.3) is 22.1 Å². The molecule has 1 aromatic heterocycles. The molecule has 0 aliphatic heterocycles. The summed E-state index contributed by atoms with van der Waals surface area (Å²) in [5.74, 6) is 0.293. The Labute approximate surface area is 128 Å². The van der Waals surface area contributed by atoms with Gasteiger partial charge in [-0.15, -0.1) is 0 Å². The molecule has 0 spiro atoms. The van der Waals surface area contributed by atoms with Crippen LogP contribution in [0.3, 0.4) is 0 Å². The third kappa shape index (κ3) is 2.56. The van der Waals surface area contributed by atoms with Gasteiger partial charge in [0.05, 0.1) is 17.1 Å². The first-order valence-electron chi connectivity index (χ1n) is 6.16. The zero-order chi connectivity index (χ0) is 15.0. The molecule has 0 atom stereocenters. The molecule has 0 unspecified atom stereocenters. The van der Waals surface area contributed by atoms with Gasteiger partial charge in [0.2, 0.25) is 0 Å². The third-order valence-corrected chi connectivity index (χ3v) is 3.74. The predicted octanol–water partition coefficient (Wildman–Crippen LogP) is 4.37. The summed E-state index contributed by atoms with van der Waals surface area (Å²) in [5, 5.41) is 0.521. The van der Waals surface area contributed by atoms with Gasteiger partial charge in [0.25, 0.3) is 0 Å². The van der Waals surface area contributed by atoms with E-state index >= 15 is 0 Å². The first-order valence-corrected chi connectivity index (χ1v) is 6.95. The topological polar surface area (TPSA) is 39.4 Å². The van der Waals surface area contributed by atoms with Crippen molar-refractivity contribution in [2.24, 2.45) is 0 Å². The van der Waals surface area contributed by atoms with Gasteiger partial charge in [-0.25, -0.2) is 9.18 Å². The summed E-state index contributed by atoms with van der Waals surface area (Å²) in [4.78, 5) is 12.1. The second-order valence-corrected chi connectivity index (χ2v) is 5.34. The molecule has 21 heavy (non-hydrogen) atoms. The van der Waals surface area contributed by atoms with Crippen molar-refractivity contribution in [1.82, 2.24) is 0 Å². The average Bonchev–Trinajstić information content (AvgIpc) is 2.48. The summed E-state index contributed by atoms with van der Waals surface area (Å²) < 4.78 is 24.2. The summed E-state index contributed by atoms with van der Waals surface area (Å²) in [7, 11) is 1.57. The monoisotopic (exact) mass is 348 g/mol. The number of benzene rings is 2. The van der Waals surface area contributed by atoms with Gasteiger partial charge in [0, 0.05) is 5.39 Å². The Morgan fingerprint density at radius 1 is 1.14 bits per heavy atom. The van der Waals surface area contributed by atoms with Crippen molar-refractivity contribution in [2.45, 2.75) is 0 Å². The standard InChI is InChI=1S/C16H10BrFO3/c1-20-12-4-2-9(3-5-12)13-7-10-6-11(18)8-14(17)15(10)21-16(13)19/h2-8H,1H3. The summed E-state index contributed by atoms with van der Waals surface area (Å²) in [6, 6.07) is 11.2. The fourth-order valence-electron chi connectivity index (χ4n) is 2.13. The fraction of sp³-hybridized carbons (Fsp3) is 0.0625. The maximum Gasteiger partial charge on any atom is 0.344 e. The first-order chi connectivity index (χ1) is 10.1. The highest BCUT2D eigenvalue weighted by Gasteiger charge is 2.11. The highest BCUT2D eigenvalue weighted by atomic mass is 79.9. The Morgan fingerprint density at radius 3 is 2.52 bits per heavy atom. The molecule has 106 valence electrons. The second kappa shape index (κ2) is 5.33. The molecule has 2 aromatic carbocycles. The van der Waals surface area contributed by atoms with E-state index in [4.69, 9.17) is 9.15 Å². The van der Waals surface area contributed by atoms with Crippen LogP contribution in [-0.2, 0) is 0 Å². The molecule has 5 heteroatoms. The zero-order valence-corrected chi connectivity index (χ0v) is 12.6. The van der Waals surface area contributed by atoms with E-state index in [9.17, 15) is 9.18 Å². The number of methoxy groups -OCH3 is 1. The van der Waals surface area contributed by atoms with Crippen LogP contribution in [0.5, 0.6) is 5.75 Å². The normalized spacial score (nSPS) is 10.8. The van der Waals surface area contributed by atoms with Crippen LogP contribution in [0.15, 0.2) is 56.1 Å². The van der Waals surface area contributed by atoms with E-state index in [-0.39, 0.29) is 0 Å². The lowest BCUT2D eigenvalue weighted by Gasteiger charge is -2.05. The van der Waals surface area contributed by atoms with Crippen molar-refractivity contribution in [3.63, 3.8) is 0 Å². The molecule has 0 N–H and O–H groups in total. The van der Waals surface area contributed by atoms with E-state index < -0.39 is 11.4 Å². The van der Waals surface area contributed by atoms with E-state index in [1.165, 1.54) is 12.1 Å². The summed E-state index contributed by atoms with van der Waals surface area (Å²) in [6.45, 7) is 0. The minimum atomic E-state index is -0.472. The zero-order valence-electron chi connectivity index (χ0n) is 11.0. The van der Waals surface area contributed by atoms with Crippen LogP contribution < -0.4 is 10.4 Å². The molecule has 0 aliphatic rings. The number of fused-ring (bicyclic) bond motifs is 1. The molecule has 0 radical (unpaired) electrons. The van der Waals surface area contributed by atoms with Crippen molar-refractivity contribution in [3.8, 4) is 16.9 Å². The van der Waals surface area contributed by atoms with Crippen LogP contribution in [0.1, 0.15) is 0 Å². The first kappa shape index (κ1) is 13.8. The number of rotatable bonds is 2. The molecule has 0 saturated heterocycles. The molecule has 1 heterocycles. The minimum absolute atomic E-state index is 0.332. The maximum atomic E-state index is 13.5. The van der Waals surface area contributed by atoms with E-state index in [0.29, 0.717) is 32.3 Å². The van der Waals surface area contributed by atoms with Gasteiger partial charge in [0.15, 0.2) is 5.58 Å². The van der Waals surface area contributed by atoms with Crippen LogP contribution in [0.4, 0.5) is 4.39 Å². The molecular formula is C16H10BrFO3. The minimum Gasteiger partial charge on any atom is -0.497 e. The molecular weight excluding hydrogens is 339 g/mol. The molecule has 3 aromatic rings.